The molecule has 0 saturated heterocycles. The number of anilines is 1. The van der Waals surface area contributed by atoms with E-state index in [4.69, 9.17) is 33.5 Å². The van der Waals surface area contributed by atoms with Gasteiger partial charge in [0.1, 0.15) is 6.10 Å². The first-order valence-corrected chi connectivity index (χ1v) is 10.3. The van der Waals surface area contributed by atoms with Crippen LogP contribution in [0.2, 0.25) is 10.0 Å². The summed E-state index contributed by atoms with van der Waals surface area (Å²) in [6.45, 7) is 1.77. The van der Waals surface area contributed by atoms with Crippen LogP contribution in [0, 0.1) is 0 Å². The van der Waals surface area contributed by atoms with Gasteiger partial charge in [0.2, 0.25) is 5.91 Å². The van der Waals surface area contributed by atoms with Gasteiger partial charge < -0.3 is 9.64 Å². The number of esters is 1. The third-order valence-corrected chi connectivity index (χ3v) is 5.75. The number of carbonyl (C=O) groups excluding carboxylic acids is 2. The minimum absolute atomic E-state index is 0.108. The highest BCUT2D eigenvalue weighted by Crippen LogP contribution is 2.34. The fourth-order valence-electron chi connectivity index (χ4n) is 3.63. The lowest BCUT2D eigenvalue weighted by Crippen LogP contribution is -2.46. The molecular weight excluding hydrogens is 427 g/mol. The SMILES string of the molecule is CCC(=O)N(c1ccccc1)C1CC(N=[N+]=[N-])CC1OC(=O)c1ccc(Cl)c(Cl)c1. The van der Waals surface area contributed by atoms with Gasteiger partial charge in [0.15, 0.2) is 0 Å². The van der Waals surface area contributed by atoms with E-state index in [9.17, 15) is 9.59 Å². The monoisotopic (exact) mass is 446 g/mol. The number of hydrogen-bond donors (Lipinski definition) is 0. The van der Waals surface area contributed by atoms with Gasteiger partial charge in [0, 0.05) is 23.1 Å². The molecule has 0 aliphatic heterocycles. The van der Waals surface area contributed by atoms with Gasteiger partial charge >= 0.3 is 5.97 Å². The van der Waals surface area contributed by atoms with E-state index in [-0.39, 0.29) is 29.0 Å². The molecule has 9 heteroatoms. The fourth-order valence-corrected chi connectivity index (χ4v) is 3.92. The fraction of sp³-hybridized carbons (Fsp3) is 0.333. The smallest absolute Gasteiger partial charge is 0.338 e. The lowest BCUT2D eigenvalue weighted by Gasteiger charge is -2.32. The highest BCUT2D eigenvalue weighted by molar-refractivity contribution is 6.42. The van der Waals surface area contributed by atoms with Gasteiger partial charge in [-0.2, -0.15) is 0 Å². The average Bonchev–Trinajstić information content (AvgIpc) is 3.12. The minimum atomic E-state index is -0.641. The Morgan fingerprint density at radius 3 is 2.53 bits per heavy atom. The van der Waals surface area contributed by atoms with Crippen molar-refractivity contribution in [1.82, 2.24) is 0 Å². The second-order valence-electron chi connectivity index (χ2n) is 6.92. The minimum Gasteiger partial charge on any atom is -0.457 e. The van der Waals surface area contributed by atoms with E-state index in [1.165, 1.54) is 18.2 Å². The molecule has 156 valence electrons. The lowest BCUT2D eigenvalue weighted by atomic mass is 10.1. The van der Waals surface area contributed by atoms with E-state index >= 15 is 0 Å². The van der Waals surface area contributed by atoms with Crippen molar-refractivity contribution < 1.29 is 14.3 Å². The summed E-state index contributed by atoms with van der Waals surface area (Å²) in [7, 11) is 0. The summed E-state index contributed by atoms with van der Waals surface area (Å²) in [4.78, 5) is 30.1. The van der Waals surface area contributed by atoms with Gasteiger partial charge in [-0.3, -0.25) is 4.79 Å². The second-order valence-corrected chi connectivity index (χ2v) is 7.74. The summed E-state index contributed by atoms with van der Waals surface area (Å²) in [5, 5.41) is 4.38. The van der Waals surface area contributed by atoms with Crippen LogP contribution in [0.3, 0.4) is 0 Å². The van der Waals surface area contributed by atoms with Crippen LogP contribution in [0.15, 0.2) is 53.6 Å². The molecule has 2 aromatic carbocycles. The zero-order chi connectivity index (χ0) is 21.7. The highest BCUT2D eigenvalue weighted by atomic mass is 35.5. The molecule has 30 heavy (non-hydrogen) atoms. The number of hydrogen-bond acceptors (Lipinski definition) is 4. The number of para-hydroxylation sites is 1. The molecule has 3 rings (SSSR count). The van der Waals surface area contributed by atoms with Crippen molar-refractivity contribution in [3.8, 4) is 0 Å². The van der Waals surface area contributed by atoms with E-state index < -0.39 is 18.1 Å². The molecule has 2 aromatic rings. The molecule has 0 spiro atoms. The average molecular weight is 447 g/mol. The topological polar surface area (TPSA) is 95.4 Å². The third-order valence-electron chi connectivity index (χ3n) is 5.01. The maximum atomic E-state index is 12.8. The molecule has 0 radical (unpaired) electrons. The van der Waals surface area contributed by atoms with E-state index in [0.29, 0.717) is 23.6 Å². The molecule has 7 nitrogen and oxygen atoms in total. The van der Waals surface area contributed by atoms with E-state index in [0.717, 1.165) is 0 Å². The number of carbonyl (C=O) groups is 2. The van der Waals surface area contributed by atoms with Crippen molar-refractivity contribution in [2.45, 2.75) is 44.4 Å². The predicted octanol–water partition coefficient (Wildman–Crippen LogP) is 5.80. The van der Waals surface area contributed by atoms with Gasteiger partial charge in [0.25, 0.3) is 0 Å². The van der Waals surface area contributed by atoms with Crippen LogP contribution in [0.4, 0.5) is 5.69 Å². The molecule has 0 aromatic heterocycles. The summed E-state index contributed by atoms with van der Waals surface area (Å²) in [6, 6.07) is 12.8. The van der Waals surface area contributed by atoms with E-state index in [2.05, 4.69) is 10.0 Å². The first-order valence-electron chi connectivity index (χ1n) is 9.52. The van der Waals surface area contributed by atoms with Crippen LogP contribution in [0.1, 0.15) is 36.5 Å². The predicted molar refractivity (Wildman–Crippen MR) is 116 cm³/mol. The number of benzene rings is 2. The first-order chi connectivity index (χ1) is 14.4. The molecule has 1 amide bonds. The van der Waals surface area contributed by atoms with Crippen LogP contribution in [0.5, 0.6) is 0 Å². The summed E-state index contributed by atoms with van der Waals surface area (Å²) in [6.07, 6.45) is 0.357. The Hall–Kier alpha value is -2.73. The molecule has 1 aliphatic carbocycles. The molecule has 3 atom stereocenters. The summed E-state index contributed by atoms with van der Waals surface area (Å²) >= 11 is 11.9. The maximum absolute atomic E-state index is 12.8. The maximum Gasteiger partial charge on any atom is 0.338 e. The van der Waals surface area contributed by atoms with Gasteiger partial charge in [-0.15, -0.1) is 0 Å². The van der Waals surface area contributed by atoms with Gasteiger partial charge in [-0.1, -0.05) is 53.4 Å². The Morgan fingerprint density at radius 2 is 1.90 bits per heavy atom. The molecule has 1 aliphatic rings. The van der Waals surface area contributed by atoms with Crippen molar-refractivity contribution in [2.75, 3.05) is 4.90 Å². The third kappa shape index (κ3) is 4.87. The zero-order valence-electron chi connectivity index (χ0n) is 16.2. The lowest BCUT2D eigenvalue weighted by molar-refractivity contribution is -0.119. The Morgan fingerprint density at radius 1 is 1.17 bits per heavy atom. The first kappa shape index (κ1) is 22.0. The Kier molecular flexibility index (Phi) is 7.21. The number of rotatable bonds is 6. The van der Waals surface area contributed by atoms with Crippen LogP contribution in [0.25, 0.3) is 10.4 Å². The van der Waals surface area contributed by atoms with Crippen LogP contribution >= 0.6 is 23.2 Å². The van der Waals surface area contributed by atoms with E-state index in [1.807, 2.05) is 30.3 Å². The van der Waals surface area contributed by atoms with Crippen LogP contribution in [-0.2, 0) is 9.53 Å². The number of halogens is 2. The second kappa shape index (κ2) is 9.85. The Balaban J connectivity index is 1.91. The number of ether oxygens (including phenoxy) is 1. The van der Waals surface area contributed by atoms with Crippen molar-refractivity contribution in [2.24, 2.45) is 5.11 Å². The van der Waals surface area contributed by atoms with Gasteiger partial charge in [-0.05, 0) is 48.7 Å². The van der Waals surface area contributed by atoms with Gasteiger partial charge in [0.05, 0.1) is 21.7 Å². The molecule has 3 unspecified atom stereocenters. The van der Waals surface area contributed by atoms with Crippen LogP contribution < -0.4 is 4.90 Å². The standard InChI is InChI=1S/C21H20Cl2N4O3/c1-2-20(28)27(15-6-4-3-5-7-15)18-11-14(25-26-24)12-19(18)30-21(29)13-8-9-16(22)17(23)10-13/h3-10,14,18-19H,2,11-12H2,1H3. The molecule has 1 fully saturated rings. The van der Waals surface area contributed by atoms with Crippen LogP contribution in [-0.4, -0.2) is 30.1 Å². The highest BCUT2D eigenvalue weighted by Gasteiger charge is 2.42. The molecule has 0 heterocycles. The Labute approximate surface area is 184 Å². The summed E-state index contributed by atoms with van der Waals surface area (Å²) in [5.41, 5.74) is 9.82. The zero-order valence-corrected chi connectivity index (χ0v) is 17.8. The molecular formula is C21H20Cl2N4O3. The van der Waals surface area contributed by atoms with Crippen molar-refractivity contribution in [3.63, 3.8) is 0 Å². The number of nitrogens with zero attached hydrogens (tertiary/aromatic N) is 4. The van der Waals surface area contributed by atoms with Crippen molar-refractivity contribution in [1.29, 1.82) is 0 Å². The Bertz CT molecular complexity index is 979. The largest absolute Gasteiger partial charge is 0.457 e. The van der Waals surface area contributed by atoms with Crippen molar-refractivity contribution in [3.05, 3.63) is 74.6 Å². The summed E-state index contributed by atoms with van der Waals surface area (Å²) < 4.78 is 5.76. The molecule has 0 N–H and O–H groups in total. The van der Waals surface area contributed by atoms with Gasteiger partial charge in [-0.25, -0.2) is 4.79 Å². The molecule has 1 saturated carbocycles. The van der Waals surface area contributed by atoms with E-state index in [1.54, 1.807) is 11.8 Å². The van der Waals surface area contributed by atoms with Crippen molar-refractivity contribution >= 4 is 40.8 Å². The summed E-state index contributed by atoms with van der Waals surface area (Å²) in [5.74, 6) is -0.689. The number of amides is 1. The quantitative estimate of drug-likeness (QED) is 0.242. The normalized spacial score (nSPS) is 20.3. The molecule has 0 bridgehead atoms. The number of azide groups is 1.